The first-order valence-corrected chi connectivity index (χ1v) is 4.04. The van der Waals surface area contributed by atoms with Crippen molar-refractivity contribution >= 4 is 0 Å². The fraction of sp³-hybridized carbons (Fsp3) is 1.00. The molecule has 0 saturated carbocycles. The summed E-state index contributed by atoms with van der Waals surface area (Å²) in [5, 5.41) is 9.27. The number of ether oxygens (including phenoxy) is 1. The van der Waals surface area contributed by atoms with Crippen molar-refractivity contribution in [3.63, 3.8) is 0 Å². The second-order valence-corrected chi connectivity index (χ2v) is 3.20. The number of hydrogen-bond acceptors (Lipinski definition) is 3. The van der Waals surface area contributed by atoms with Gasteiger partial charge in [0.05, 0.1) is 5.54 Å². The van der Waals surface area contributed by atoms with Gasteiger partial charge < -0.3 is 15.6 Å². The minimum atomic E-state index is -0.853. The van der Waals surface area contributed by atoms with Crippen LogP contribution in [0, 0.1) is 0 Å². The summed E-state index contributed by atoms with van der Waals surface area (Å²) in [6, 6.07) is 0. The standard InChI is InChI=1S/C8H19NO2/c1-4-5-6-8(2,9)7(10)11-3/h7,10H,4-6,9H2,1-3H3/t7?,8-/m1/s1. The number of nitrogens with two attached hydrogens (primary N) is 1. The van der Waals surface area contributed by atoms with E-state index in [1.807, 2.05) is 0 Å². The van der Waals surface area contributed by atoms with Crippen molar-refractivity contribution in [1.29, 1.82) is 0 Å². The molecule has 2 atom stereocenters. The summed E-state index contributed by atoms with van der Waals surface area (Å²) < 4.78 is 4.74. The van der Waals surface area contributed by atoms with Crippen molar-refractivity contribution in [3.8, 4) is 0 Å². The molecule has 0 aromatic carbocycles. The maximum absolute atomic E-state index is 9.27. The summed E-state index contributed by atoms with van der Waals surface area (Å²) in [5.41, 5.74) is 5.18. The molecule has 0 aromatic rings. The lowest BCUT2D eigenvalue weighted by atomic mass is 9.96. The van der Waals surface area contributed by atoms with E-state index in [-0.39, 0.29) is 0 Å². The van der Waals surface area contributed by atoms with E-state index >= 15 is 0 Å². The van der Waals surface area contributed by atoms with Gasteiger partial charge in [0.2, 0.25) is 0 Å². The predicted molar refractivity (Wildman–Crippen MR) is 45.1 cm³/mol. The topological polar surface area (TPSA) is 55.5 Å². The lowest BCUT2D eigenvalue weighted by Crippen LogP contribution is -2.48. The Balaban J connectivity index is 3.77. The largest absolute Gasteiger partial charge is 0.366 e. The maximum Gasteiger partial charge on any atom is 0.171 e. The predicted octanol–water partition coefficient (Wildman–Crippen LogP) is 0.859. The molecule has 0 spiro atoms. The third kappa shape index (κ3) is 3.70. The van der Waals surface area contributed by atoms with Crippen molar-refractivity contribution in [1.82, 2.24) is 0 Å². The van der Waals surface area contributed by atoms with Gasteiger partial charge in [-0.25, -0.2) is 0 Å². The highest BCUT2D eigenvalue weighted by Crippen LogP contribution is 2.15. The van der Waals surface area contributed by atoms with Crippen molar-refractivity contribution in [2.24, 2.45) is 5.73 Å². The van der Waals surface area contributed by atoms with Crippen LogP contribution in [0.1, 0.15) is 33.1 Å². The average molecular weight is 161 g/mol. The van der Waals surface area contributed by atoms with E-state index in [0.717, 1.165) is 19.3 Å². The molecule has 0 aliphatic rings. The fourth-order valence-electron chi connectivity index (χ4n) is 0.950. The molecule has 0 aliphatic heterocycles. The van der Waals surface area contributed by atoms with E-state index in [1.165, 1.54) is 7.11 Å². The van der Waals surface area contributed by atoms with Gasteiger partial charge in [0, 0.05) is 7.11 Å². The number of aliphatic hydroxyl groups excluding tert-OH is 1. The number of hydrogen-bond donors (Lipinski definition) is 2. The molecule has 1 unspecified atom stereocenters. The molecule has 11 heavy (non-hydrogen) atoms. The quantitative estimate of drug-likeness (QED) is 0.588. The lowest BCUT2D eigenvalue weighted by Gasteiger charge is -2.28. The van der Waals surface area contributed by atoms with Crippen LogP contribution in [0.25, 0.3) is 0 Å². The van der Waals surface area contributed by atoms with E-state index in [2.05, 4.69) is 6.92 Å². The van der Waals surface area contributed by atoms with E-state index < -0.39 is 11.8 Å². The Morgan fingerprint density at radius 1 is 1.64 bits per heavy atom. The highest BCUT2D eigenvalue weighted by molar-refractivity contribution is 4.80. The molecule has 3 N–H and O–H groups in total. The second kappa shape index (κ2) is 4.70. The molecule has 0 radical (unpaired) electrons. The van der Waals surface area contributed by atoms with Crippen LogP contribution in [0.2, 0.25) is 0 Å². The molecular formula is C8H19NO2. The molecule has 0 rings (SSSR count). The Morgan fingerprint density at radius 2 is 2.18 bits per heavy atom. The Labute approximate surface area is 68.5 Å². The lowest BCUT2D eigenvalue weighted by molar-refractivity contribution is -0.120. The molecule has 0 saturated heterocycles. The Morgan fingerprint density at radius 3 is 2.55 bits per heavy atom. The van der Waals surface area contributed by atoms with Crippen LogP contribution in [-0.4, -0.2) is 24.0 Å². The third-order valence-corrected chi connectivity index (χ3v) is 1.86. The smallest absolute Gasteiger partial charge is 0.171 e. The van der Waals surface area contributed by atoms with Gasteiger partial charge in [-0.1, -0.05) is 19.8 Å². The highest BCUT2D eigenvalue weighted by Gasteiger charge is 2.27. The monoisotopic (exact) mass is 161 g/mol. The van der Waals surface area contributed by atoms with Gasteiger partial charge in [-0.05, 0) is 13.3 Å². The summed E-state index contributed by atoms with van der Waals surface area (Å²) in [6.45, 7) is 3.89. The number of methoxy groups -OCH3 is 1. The zero-order valence-electron chi connectivity index (χ0n) is 7.63. The molecular weight excluding hydrogens is 142 g/mol. The van der Waals surface area contributed by atoms with Crippen molar-refractivity contribution < 1.29 is 9.84 Å². The summed E-state index contributed by atoms with van der Waals surface area (Å²) in [7, 11) is 1.46. The molecule has 0 aliphatic carbocycles. The second-order valence-electron chi connectivity index (χ2n) is 3.20. The van der Waals surface area contributed by atoms with E-state index in [0.29, 0.717) is 0 Å². The number of unbranched alkanes of at least 4 members (excludes halogenated alkanes) is 1. The zero-order valence-corrected chi connectivity index (χ0v) is 7.63. The molecule has 0 fully saturated rings. The Kier molecular flexibility index (Phi) is 4.65. The highest BCUT2D eigenvalue weighted by atomic mass is 16.6. The Hall–Kier alpha value is -0.120. The van der Waals surface area contributed by atoms with Crippen molar-refractivity contribution in [3.05, 3.63) is 0 Å². The molecule has 68 valence electrons. The first-order chi connectivity index (χ1) is 5.04. The molecule has 0 amide bonds. The van der Waals surface area contributed by atoms with Gasteiger partial charge in [0.1, 0.15) is 0 Å². The van der Waals surface area contributed by atoms with Crippen LogP contribution < -0.4 is 5.73 Å². The normalized spacial score (nSPS) is 19.4. The van der Waals surface area contributed by atoms with Crippen molar-refractivity contribution in [2.75, 3.05) is 7.11 Å². The van der Waals surface area contributed by atoms with E-state index in [4.69, 9.17) is 10.5 Å². The summed E-state index contributed by atoms with van der Waals surface area (Å²) >= 11 is 0. The van der Waals surface area contributed by atoms with Gasteiger partial charge in [0.25, 0.3) is 0 Å². The van der Waals surface area contributed by atoms with Gasteiger partial charge in [0.15, 0.2) is 6.29 Å². The van der Waals surface area contributed by atoms with Crippen LogP contribution >= 0.6 is 0 Å². The first-order valence-electron chi connectivity index (χ1n) is 4.04. The SMILES string of the molecule is CCCC[C@@](C)(N)C(O)OC. The van der Waals surface area contributed by atoms with E-state index in [9.17, 15) is 5.11 Å². The first kappa shape index (κ1) is 10.9. The van der Waals surface area contributed by atoms with E-state index in [1.54, 1.807) is 6.92 Å². The summed E-state index contributed by atoms with van der Waals surface area (Å²) in [4.78, 5) is 0. The maximum atomic E-state index is 9.27. The number of aliphatic hydroxyl groups is 1. The zero-order chi connectivity index (χ0) is 8.91. The van der Waals surface area contributed by atoms with Gasteiger partial charge >= 0.3 is 0 Å². The molecule has 0 bridgehead atoms. The molecule has 0 aromatic heterocycles. The van der Waals surface area contributed by atoms with Crippen molar-refractivity contribution in [2.45, 2.75) is 44.9 Å². The summed E-state index contributed by atoms with van der Waals surface area (Å²) in [6.07, 6.45) is 2.05. The van der Waals surface area contributed by atoms with Gasteiger partial charge in [-0.15, -0.1) is 0 Å². The third-order valence-electron chi connectivity index (χ3n) is 1.86. The summed E-state index contributed by atoms with van der Waals surface area (Å²) in [5.74, 6) is 0. The van der Waals surface area contributed by atoms with Gasteiger partial charge in [-0.2, -0.15) is 0 Å². The Bertz CT molecular complexity index is 104. The van der Waals surface area contributed by atoms with Crippen LogP contribution in [0.15, 0.2) is 0 Å². The molecule has 3 nitrogen and oxygen atoms in total. The van der Waals surface area contributed by atoms with Crippen LogP contribution in [-0.2, 0) is 4.74 Å². The molecule has 3 heteroatoms. The van der Waals surface area contributed by atoms with Crippen LogP contribution in [0.5, 0.6) is 0 Å². The molecule has 0 heterocycles. The average Bonchev–Trinajstić information content (AvgIpc) is 1.99. The van der Waals surface area contributed by atoms with Crippen LogP contribution in [0.4, 0.5) is 0 Å². The fourth-order valence-corrected chi connectivity index (χ4v) is 0.950. The van der Waals surface area contributed by atoms with Crippen LogP contribution in [0.3, 0.4) is 0 Å². The number of rotatable bonds is 5. The van der Waals surface area contributed by atoms with Gasteiger partial charge in [-0.3, -0.25) is 0 Å². The minimum Gasteiger partial charge on any atom is -0.366 e. The minimum absolute atomic E-state index is 0.606.